The van der Waals surface area contributed by atoms with Gasteiger partial charge in [-0.15, -0.1) is 12.4 Å². The molecule has 0 fully saturated rings. The second-order valence-electron chi connectivity index (χ2n) is 4.29. The van der Waals surface area contributed by atoms with Gasteiger partial charge in [0.1, 0.15) is 4.90 Å². The smallest absolute Gasteiger partial charge is 0.254 e. The quantitative estimate of drug-likeness (QED) is 0.710. The minimum atomic E-state index is -3.74. The Morgan fingerprint density at radius 3 is 2.52 bits per heavy atom. The van der Waals surface area contributed by atoms with Crippen molar-refractivity contribution in [2.75, 3.05) is 19.3 Å². The van der Waals surface area contributed by atoms with Crippen molar-refractivity contribution in [1.29, 1.82) is 0 Å². The van der Waals surface area contributed by atoms with Gasteiger partial charge in [0.05, 0.1) is 5.56 Å². The van der Waals surface area contributed by atoms with Crippen molar-refractivity contribution in [1.82, 2.24) is 5.32 Å². The summed E-state index contributed by atoms with van der Waals surface area (Å²) in [5.74, 6) is -1.68. The number of halogens is 3. The van der Waals surface area contributed by atoms with E-state index in [1.54, 1.807) is 0 Å². The van der Waals surface area contributed by atoms with E-state index in [0.29, 0.717) is 24.0 Å². The number of benzene rings is 1. The predicted octanol–water partition coefficient (Wildman–Crippen LogP) is 1.88. The lowest BCUT2D eigenvalue weighted by atomic mass is 10.2. The van der Waals surface area contributed by atoms with E-state index in [9.17, 15) is 17.6 Å². The monoisotopic (exact) mass is 402 g/mol. The third kappa shape index (κ3) is 5.90. The Kier molecular flexibility index (Phi) is 8.38. The summed E-state index contributed by atoms with van der Waals surface area (Å²) in [5, 5.41) is 2.53. The Morgan fingerprint density at radius 2 is 2.00 bits per heavy atom. The molecule has 21 heavy (non-hydrogen) atoms. The van der Waals surface area contributed by atoms with Gasteiger partial charge in [-0.1, -0.05) is 15.9 Å². The summed E-state index contributed by atoms with van der Waals surface area (Å²) in [4.78, 5) is 11.4. The largest absolute Gasteiger partial charge is 0.352 e. The van der Waals surface area contributed by atoms with Crippen LogP contribution in [0.5, 0.6) is 0 Å². The van der Waals surface area contributed by atoms with Crippen LogP contribution in [0.1, 0.15) is 23.2 Å². The van der Waals surface area contributed by atoms with Crippen LogP contribution >= 0.6 is 28.3 Å². The molecule has 0 saturated heterocycles. The van der Waals surface area contributed by atoms with E-state index in [0.717, 1.165) is 18.7 Å². The highest BCUT2D eigenvalue weighted by molar-refractivity contribution is 9.10. The summed E-state index contributed by atoms with van der Waals surface area (Å²) >= 11 is 3.07. The zero-order valence-electron chi connectivity index (χ0n) is 11.4. The van der Waals surface area contributed by atoms with Crippen LogP contribution < -0.4 is 11.1 Å². The fraction of sp³-hybridized carbons (Fsp3) is 0.417. The molecule has 1 rings (SSSR count). The molecular weight excluding hydrogens is 387 g/mol. The van der Waals surface area contributed by atoms with Gasteiger partial charge in [-0.3, -0.25) is 4.79 Å². The molecule has 0 aromatic heterocycles. The average molecular weight is 404 g/mol. The van der Waals surface area contributed by atoms with Gasteiger partial charge >= 0.3 is 0 Å². The molecule has 0 bridgehead atoms. The first kappa shape index (κ1) is 20.3. The van der Waals surface area contributed by atoms with Gasteiger partial charge in [-0.25, -0.2) is 12.8 Å². The highest BCUT2D eigenvalue weighted by Crippen LogP contribution is 2.24. The maximum Gasteiger partial charge on any atom is 0.254 e. The maximum atomic E-state index is 14.1. The van der Waals surface area contributed by atoms with Crippen LogP contribution in [0.4, 0.5) is 4.39 Å². The van der Waals surface area contributed by atoms with Crippen LogP contribution in [-0.2, 0) is 9.84 Å². The molecule has 0 aliphatic heterocycles. The minimum Gasteiger partial charge on any atom is -0.352 e. The summed E-state index contributed by atoms with van der Waals surface area (Å²) in [6, 6.07) is 2.39. The van der Waals surface area contributed by atoms with Gasteiger partial charge in [-0.2, -0.15) is 0 Å². The lowest BCUT2D eigenvalue weighted by Gasteiger charge is -2.09. The number of nitrogens with one attached hydrogen (secondary N) is 1. The Morgan fingerprint density at radius 1 is 1.38 bits per heavy atom. The summed E-state index contributed by atoms with van der Waals surface area (Å²) in [6.07, 6.45) is 2.31. The first-order chi connectivity index (χ1) is 9.27. The van der Waals surface area contributed by atoms with E-state index in [-0.39, 0.29) is 18.0 Å². The fourth-order valence-electron chi connectivity index (χ4n) is 1.57. The molecule has 0 atom stereocenters. The summed E-state index contributed by atoms with van der Waals surface area (Å²) in [6.45, 7) is 0.871. The summed E-state index contributed by atoms with van der Waals surface area (Å²) < 4.78 is 37.4. The van der Waals surface area contributed by atoms with Crippen molar-refractivity contribution in [3.63, 3.8) is 0 Å². The van der Waals surface area contributed by atoms with Crippen molar-refractivity contribution in [2.45, 2.75) is 17.7 Å². The Bertz CT molecular complexity index is 611. The van der Waals surface area contributed by atoms with E-state index in [4.69, 9.17) is 5.73 Å². The van der Waals surface area contributed by atoms with E-state index in [2.05, 4.69) is 21.2 Å². The van der Waals surface area contributed by atoms with Crippen LogP contribution in [0.2, 0.25) is 0 Å². The van der Waals surface area contributed by atoms with Crippen molar-refractivity contribution >= 4 is 44.1 Å². The normalized spacial score (nSPS) is 10.9. The number of carbonyl (C=O) groups excluding carboxylic acids is 1. The Labute approximate surface area is 137 Å². The molecule has 1 aromatic rings. The molecule has 0 radical (unpaired) electrons. The zero-order chi connectivity index (χ0) is 15.3. The van der Waals surface area contributed by atoms with Crippen LogP contribution in [0.15, 0.2) is 21.5 Å². The first-order valence-corrected chi connectivity index (χ1v) is 8.63. The van der Waals surface area contributed by atoms with Gasteiger partial charge in [-0.05, 0) is 31.5 Å². The molecule has 120 valence electrons. The van der Waals surface area contributed by atoms with E-state index in [1.807, 2.05) is 0 Å². The van der Waals surface area contributed by atoms with Crippen molar-refractivity contribution < 1.29 is 17.6 Å². The zero-order valence-corrected chi connectivity index (χ0v) is 14.6. The number of unbranched alkanes of at least 4 members (excludes halogenated alkanes) is 1. The van der Waals surface area contributed by atoms with Crippen molar-refractivity contribution in [3.8, 4) is 0 Å². The number of nitrogens with two attached hydrogens (primary N) is 1. The van der Waals surface area contributed by atoms with Crippen molar-refractivity contribution in [3.05, 3.63) is 28.0 Å². The topological polar surface area (TPSA) is 89.3 Å². The van der Waals surface area contributed by atoms with Gasteiger partial charge in [0.2, 0.25) is 0 Å². The second kappa shape index (κ2) is 8.67. The molecule has 0 unspecified atom stereocenters. The Hall–Kier alpha value is -0.700. The third-order valence-corrected chi connectivity index (χ3v) is 4.12. The molecule has 3 N–H and O–H groups in total. The summed E-state index contributed by atoms with van der Waals surface area (Å²) in [7, 11) is -3.74. The minimum absolute atomic E-state index is 0. The highest BCUT2D eigenvalue weighted by Gasteiger charge is 2.21. The summed E-state index contributed by atoms with van der Waals surface area (Å²) in [5.41, 5.74) is 5.02. The Balaban J connectivity index is 0.00000400. The van der Waals surface area contributed by atoms with Crippen molar-refractivity contribution in [2.24, 2.45) is 5.73 Å². The lowest BCUT2D eigenvalue weighted by molar-refractivity contribution is 0.0948. The van der Waals surface area contributed by atoms with Gasteiger partial charge in [0, 0.05) is 17.3 Å². The lowest BCUT2D eigenvalue weighted by Crippen LogP contribution is -2.26. The van der Waals surface area contributed by atoms with Crippen LogP contribution in [-0.4, -0.2) is 33.7 Å². The number of hydrogen-bond acceptors (Lipinski definition) is 4. The molecular formula is C12H17BrClFN2O3S. The number of hydrogen-bond donors (Lipinski definition) is 2. The third-order valence-electron chi connectivity index (χ3n) is 2.56. The number of sulfone groups is 1. The van der Waals surface area contributed by atoms with Gasteiger partial charge in [0.25, 0.3) is 5.91 Å². The average Bonchev–Trinajstić information content (AvgIpc) is 2.35. The van der Waals surface area contributed by atoms with E-state index >= 15 is 0 Å². The molecule has 1 amide bonds. The SMILES string of the molecule is CS(=O)(=O)c1cc(Br)cc(C(=O)NCCCCN)c1F.Cl. The first-order valence-electron chi connectivity index (χ1n) is 5.94. The van der Waals surface area contributed by atoms with Crippen LogP contribution in [0.3, 0.4) is 0 Å². The van der Waals surface area contributed by atoms with Gasteiger partial charge in [0.15, 0.2) is 15.7 Å². The fourth-order valence-corrected chi connectivity index (χ4v) is 2.95. The van der Waals surface area contributed by atoms with E-state index in [1.165, 1.54) is 6.07 Å². The molecule has 0 saturated carbocycles. The molecule has 0 aliphatic rings. The van der Waals surface area contributed by atoms with Crippen LogP contribution in [0, 0.1) is 5.82 Å². The molecule has 0 aliphatic carbocycles. The molecule has 1 aromatic carbocycles. The van der Waals surface area contributed by atoms with Gasteiger partial charge < -0.3 is 11.1 Å². The van der Waals surface area contributed by atoms with Crippen LogP contribution in [0.25, 0.3) is 0 Å². The molecule has 0 heterocycles. The number of carbonyl (C=O) groups is 1. The maximum absolute atomic E-state index is 14.1. The molecule has 5 nitrogen and oxygen atoms in total. The number of amides is 1. The highest BCUT2D eigenvalue weighted by atomic mass is 79.9. The second-order valence-corrected chi connectivity index (χ2v) is 7.19. The van der Waals surface area contributed by atoms with E-state index < -0.39 is 26.5 Å². The molecule has 9 heteroatoms. The molecule has 0 spiro atoms. The number of rotatable bonds is 6. The standard InChI is InChI=1S/C12H16BrFN2O3S.ClH/c1-20(18,19)10-7-8(13)6-9(11(10)14)12(17)16-5-3-2-4-15;/h6-7H,2-5,15H2,1H3,(H,16,17);1H. The predicted molar refractivity (Wildman–Crippen MR) is 85.1 cm³/mol.